The van der Waals surface area contributed by atoms with E-state index < -0.39 is 0 Å². The number of imidazole rings is 1. The number of nitrogens with zero attached hydrogens (tertiary/aromatic N) is 2. The number of nitrogens with one attached hydrogen (secondary N) is 2. The minimum Gasteiger partial charge on any atom is -0.491 e. The zero-order valence-corrected chi connectivity index (χ0v) is 16.6. The Morgan fingerprint density at radius 1 is 1.11 bits per heavy atom. The van der Waals surface area contributed by atoms with Crippen molar-refractivity contribution in [2.45, 2.75) is 39.7 Å². The zero-order chi connectivity index (χ0) is 19.8. The summed E-state index contributed by atoms with van der Waals surface area (Å²) in [5, 5.41) is 5.72. The Balaban J connectivity index is 1.53. The molecule has 3 rings (SSSR count). The van der Waals surface area contributed by atoms with Crippen molar-refractivity contribution in [3.05, 3.63) is 54.4 Å². The van der Waals surface area contributed by atoms with Gasteiger partial charge in [-0.05, 0) is 44.0 Å². The van der Waals surface area contributed by atoms with Crippen molar-refractivity contribution in [3.8, 4) is 5.75 Å². The molecule has 28 heavy (non-hydrogen) atoms. The number of aryl methyl sites for hydroxylation is 2. The molecule has 0 aliphatic heterocycles. The second-order valence-corrected chi connectivity index (χ2v) is 6.73. The summed E-state index contributed by atoms with van der Waals surface area (Å²) < 4.78 is 8.15. The van der Waals surface area contributed by atoms with Crippen molar-refractivity contribution in [2.75, 3.05) is 18.5 Å². The van der Waals surface area contributed by atoms with Gasteiger partial charge < -0.3 is 19.9 Å². The number of unbranched alkanes of at least 4 members (excludes halogenated alkanes) is 1. The van der Waals surface area contributed by atoms with Gasteiger partial charge in [-0.25, -0.2) is 9.78 Å². The highest BCUT2D eigenvalue weighted by molar-refractivity contribution is 5.90. The summed E-state index contributed by atoms with van der Waals surface area (Å²) in [6.07, 6.45) is 2.86. The van der Waals surface area contributed by atoms with Crippen LogP contribution in [0.2, 0.25) is 0 Å². The Hall–Kier alpha value is -3.02. The Labute approximate surface area is 165 Å². The monoisotopic (exact) mass is 380 g/mol. The third-order valence-electron chi connectivity index (χ3n) is 4.58. The number of anilines is 1. The lowest BCUT2D eigenvalue weighted by Gasteiger charge is -2.13. The molecular formula is C22H28N4O2. The van der Waals surface area contributed by atoms with Crippen LogP contribution in [0.5, 0.6) is 5.75 Å². The summed E-state index contributed by atoms with van der Waals surface area (Å²) in [6, 6.07) is 15.5. The fourth-order valence-electron chi connectivity index (χ4n) is 3.12. The predicted octanol–water partition coefficient (Wildman–Crippen LogP) is 4.74. The number of hydrogen-bond donors (Lipinski definition) is 2. The van der Waals surface area contributed by atoms with Crippen LogP contribution < -0.4 is 15.4 Å². The van der Waals surface area contributed by atoms with Gasteiger partial charge in [0.05, 0.1) is 23.3 Å². The third kappa shape index (κ3) is 5.03. The van der Waals surface area contributed by atoms with Gasteiger partial charge in [0, 0.05) is 13.1 Å². The lowest BCUT2D eigenvalue weighted by molar-refractivity contribution is 0.251. The fraction of sp³-hybridized carbons (Fsp3) is 0.364. The van der Waals surface area contributed by atoms with Crippen LogP contribution in [0.15, 0.2) is 48.5 Å². The van der Waals surface area contributed by atoms with E-state index >= 15 is 0 Å². The molecular weight excluding hydrogens is 352 g/mol. The molecule has 6 nitrogen and oxygen atoms in total. The summed E-state index contributed by atoms with van der Waals surface area (Å²) >= 11 is 0. The van der Waals surface area contributed by atoms with Crippen LogP contribution >= 0.6 is 0 Å². The molecule has 0 radical (unpaired) electrons. The van der Waals surface area contributed by atoms with Crippen LogP contribution in [-0.4, -0.2) is 28.7 Å². The molecule has 3 aromatic rings. The molecule has 0 unspecified atom stereocenters. The molecule has 6 heteroatoms. The van der Waals surface area contributed by atoms with Crippen LogP contribution in [0.4, 0.5) is 10.5 Å². The van der Waals surface area contributed by atoms with E-state index in [0.29, 0.717) is 24.6 Å². The number of aromatic nitrogens is 2. The number of benzene rings is 2. The van der Waals surface area contributed by atoms with E-state index in [1.165, 1.54) is 0 Å². The van der Waals surface area contributed by atoms with E-state index in [1.807, 2.05) is 49.4 Å². The molecule has 1 heterocycles. The minimum atomic E-state index is -0.204. The van der Waals surface area contributed by atoms with E-state index in [2.05, 4.69) is 33.2 Å². The number of fused-ring (bicyclic) bond motifs is 1. The second kappa shape index (κ2) is 9.78. The van der Waals surface area contributed by atoms with E-state index in [1.54, 1.807) is 0 Å². The lowest BCUT2D eigenvalue weighted by Crippen LogP contribution is -2.29. The standard InChI is InChI=1S/C22H28N4O2/c1-3-4-14-23-22(27)25-19-11-6-8-13-21(19)28-16-9-15-26-17(2)24-18-10-5-7-12-20(18)26/h5-8,10-13H,3-4,9,14-16H2,1-2H3,(H2,23,25,27). The zero-order valence-electron chi connectivity index (χ0n) is 16.6. The number of rotatable bonds is 9. The van der Waals surface area contributed by atoms with Crippen molar-refractivity contribution < 1.29 is 9.53 Å². The van der Waals surface area contributed by atoms with Gasteiger partial charge in [-0.1, -0.05) is 37.6 Å². The van der Waals surface area contributed by atoms with Gasteiger partial charge in [0.25, 0.3) is 0 Å². The SMILES string of the molecule is CCCCNC(=O)Nc1ccccc1OCCCn1c(C)nc2ccccc21. The molecule has 0 aliphatic carbocycles. The number of ether oxygens (including phenoxy) is 1. The summed E-state index contributed by atoms with van der Waals surface area (Å²) in [5.41, 5.74) is 2.84. The predicted molar refractivity (Wildman–Crippen MR) is 113 cm³/mol. The molecule has 0 atom stereocenters. The van der Waals surface area contributed by atoms with Crippen LogP contribution in [0.3, 0.4) is 0 Å². The number of amides is 2. The van der Waals surface area contributed by atoms with Gasteiger partial charge in [-0.2, -0.15) is 0 Å². The van der Waals surface area contributed by atoms with Crippen molar-refractivity contribution in [3.63, 3.8) is 0 Å². The normalized spacial score (nSPS) is 10.8. The van der Waals surface area contributed by atoms with E-state index in [-0.39, 0.29) is 6.03 Å². The van der Waals surface area contributed by atoms with Crippen molar-refractivity contribution in [2.24, 2.45) is 0 Å². The number of hydrogen-bond acceptors (Lipinski definition) is 3. The average molecular weight is 380 g/mol. The number of para-hydroxylation sites is 4. The Morgan fingerprint density at radius 3 is 2.75 bits per heavy atom. The van der Waals surface area contributed by atoms with Gasteiger partial charge in [0.1, 0.15) is 11.6 Å². The molecule has 0 saturated carbocycles. The molecule has 2 amide bonds. The number of urea groups is 1. The van der Waals surface area contributed by atoms with Crippen LogP contribution in [-0.2, 0) is 6.54 Å². The first kappa shape index (κ1) is 19.7. The van der Waals surface area contributed by atoms with Crippen LogP contribution in [0, 0.1) is 6.92 Å². The van der Waals surface area contributed by atoms with Crippen molar-refractivity contribution in [1.82, 2.24) is 14.9 Å². The van der Waals surface area contributed by atoms with Crippen molar-refractivity contribution in [1.29, 1.82) is 0 Å². The molecule has 148 valence electrons. The summed E-state index contributed by atoms with van der Waals surface area (Å²) in [5.74, 6) is 1.69. The molecule has 2 N–H and O–H groups in total. The van der Waals surface area contributed by atoms with Gasteiger partial charge >= 0.3 is 6.03 Å². The highest BCUT2D eigenvalue weighted by Crippen LogP contribution is 2.24. The molecule has 0 bridgehead atoms. The molecule has 1 aromatic heterocycles. The van der Waals surface area contributed by atoms with Gasteiger partial charge in [0.15, 0.2) is 0 Å². The molecule has 0 fully saturated rings. The Kier molecular flexibility index (Phi) is 6.89. The fourth-order valence-corrected chi connectivity index (χ4v) is 3.12. The van der Waals surface area contributed by atoms with Gasteiger partial charge in [-0.15, -0.1) is 0 Å². The van der Waals surface area contributed by atoms with Crippen LogP contribution in [0.1, 0.15) is 32.0 Å². The highest BCUT2D eigenvalue weighted by atomic mass is 16.5. The van der Waals surface area contributed by atoms with E-state index in [9.17, 15) is 4.79 Å². The lowest BCUT2D eigenvalue weighted by atomic mass is 10.3. The topological polar surface area (TPSA) is 68.2 Å². The Bertz CT molecular complexity index is 920. The quantitative estimate of drug-likeness (QED) is 0.527. The van der Waals surface area contributed by atoms with Crippen molar-refractivity contribution >= 4 is 22.8 Å². The molecule has 2 aromatic carbocycles. The van der Waals surface area contributed by atoms with Gasteiger partial charge in [-0.3, -0.25) is 0 Å². The first-order valence-corrected chi connectivity index (χ1v) is 9.87. The molecule has 0 saturated heterocycles. The maximum absolute atomic E-state index is 12.0. The maximum atomic E-state index is 12.0. The average Bonchev–Trinajstić information content (AvgIpc) is 3.02. The van der Waals surface area contributed by atoms with E-state index in [0.717, 1.165) is 42.7 Å². The smallest absolute Gasteiger partial charge is 0.319 e. The number of carbonyl (C=O) groups excluding carboxylic acids is 1. The highest BCUT2D eigenvalue weighted by Gasteiger charge is 2.08. The summed E-state index contributed by atoms with van der Waals surface area (Å²) in [4.78, 5) is 16.6. The van der Waals surface area contributed by atoms with Gasteiger partial charge in [0.2, 0.25) is 0 Å². The number of carbonyl (C=O) groups is 1. The third-order valence-corrected chi connectivity index (χ3v) is 4.58. The van der Waals surface area contributed by atoms with Crippen LogP contribution in [0.25, 0.3) is 11.0 Å². The second-order valence-electron chi connectivity index (χ2n) is 6.73. The Morgan fingerprint density at radius 2 is 1.89 bits per heavy atom. The van der Waals surface area contributed by atoms with E-state index in [4.69, 9.17) is 4.74 Å². The largest absolute Gasteiger partial charge is 0.491 e. The summed E-state index contributed by atoms with van der Waals surface area (Å²) in [6.45, 7) is 6.18. The first-order valence-electron chi connectivity index (χ1n) is 9.87. The molecule has 0 aliphatic rings. The summed E-state index contributed by atoms with van der Waals surface area (Å²) in [7, 11) is 0. The minimum absolute atomic E-state index is 0.204. The maximum Gasteiger partial charge on any atom is 0.319 e. The first-order chi connectivity index (χ1) is 13.7. The molecule has 0 spiro atoms.